The van der Waals surface area contributed by atoms with Crippen LogP contribution in [-0.4, -0.2) is 25.5 Å². The lowest BCUT2D eigenvalue weighted by atomic mass is 9.83. The van der Waals surface area contributed by atoms with E-state index in [4.69, 9.17) is 4.74 Å². The molecule has 0 spiro atoms. The van der Waals surface area contributed by atoms with Crippen LogP contribution in [0.1, 0.15) is 30.6 Å². The molecule has 98 valence electrons. The maximum absolute atomic E-state index is 12.2. The minimum atomic E-state index is 0.105. The molecule has 1 aromatic carbocycles. The third-order valence-electron chi connectivity index (χ3n) is 3.55. The predicted molar refractivity (Wildman–Crippen MR) is 72.1 cm³/mol. The van der Waals surface area contributed by atoms with Crippen LogP contribution in [0.3, 0.4) is 0 Å². The maximum Gasteiger partial charge on any atom is 0.166 e. The van der Waals surface area contributed by atoms with E-state index in [2.05, 4.69) is 12.2 Å². The van der Waals surface area contributed by atoms with Gasteiger partial charge in [0, 0.05) is 11.5 Å². The Labute approximate surface area is 109 Å². The largest absolute Gasteiger partial charge is 0.494 e. The summed E-state index contributed by atoms with van der Waals surface area (Å²) in [6, 6.07) is 7.51. The highest BCUT2D eigenvalue weighted by atomic mass is 16.5. The first-order chi connectivity index (χ1) is 8.72. The molecule has 3 nitrogen and oxygen atoms in total. The third kappa shape index (κ3) is 2.91. The number of ketones is 1. The Morgan fingerprint density at radius 2 is 2.06 bits per heavy atom. The normalized spacial score (nSPS) is 17.0. The highest BCUT2D eigenvalue weighted by Gasteiger charge is 2.29. The molecule has 1 aliphatic heterocycles. The molecule has 3 heteroatoms. The first-order valence-electron chi connectivity index (χ1n) is 6.70. The summed E-state index contributed by atoms with van der Waals surface area (Å²) in [5, 5.41) is 3.21. The van der Waals surface area contributed by atoms with Gasteiger partial charge in [0.2, 0.25) is 0 Å². The Bertz CT molecular complexity index is 395. The summed E-state index contributed by atoms with van der Waals surface area (Å²) in [5.74, 6) is 1.68. The van der Waals surface area contributed by atoms with E-state index in [0.717, 1.165) is 37.4 Å². The van der Waals surface area contributed by atoms with Gasteiger partial charge in [0.05, 0.1) is 6.61 Å². The smallest absolute Gasteiger partial charge is 0.166 e. The number of rotatable bonds is 6. The van der Waals surface area contributed by atoms with Crippen molar-refractivity contribution in [2.24, 2.45) is 11.8 Å². The van der Waals surface area contributed by atoms with Crippen LogP contribution in [0.2, 0.25) is 0 Å². The van der Waals surface area contributed by atoms with Crippen LogP contribution in [0.25, 0.3) is 0 Å². The van der Waals surface area contributed by atoms with Gasteiger partial charge >= 0.3 is 0 Å². The van der Waals surface area contributed by atoms with Gasteiger partial charge in [0.1, 0.15) is 5.75 Å². The molecule has 1 unspecified atom stereocenters. The van der Waals surface area contributed by atoms with Crippen molar-refractivity contribution in [3.05, 3.63) is 29.8 Å². The number of ether oxygens (including phenoxy) is 1. The number of hydrogen-bond acceptors (Lipinski definition) is 3. The molecule has 0 bridgehead atoms. The average Bonchev–Trinajstić information content (AvgIpc) is 2.34. The number of Topliss-reactive ketones (excluding diaryl/α,β-unsaturated/α-hetero) is 1. The Kier molecular flexibility index (Phi) is 4.37. The van der Waals surface area contributed by atoms with Crippen LogP contribution in [0.5, 0.6) is 5.75 Å². The second-order valence-electron chi connectivity index (χ2n) is 4.94. The number of benzene rings is 1. The quantitative estimate of drug-likeness (QED) is 0.785. The van der Waals surface area contributed by atoms with Crippen molar-refractivity contribution in [1.82, 2.24) is 5.32 Å². The zero-order valence-corrected chi connectivity index (χ0v) is 11.1. The van der Waals surface area contributed by atoms with Crippen molar-refractivity contribution in [3.63, 3.8) is 0 Å². The lowest BCUT2D eigenvalue weighted by Gasteiger charge is -2.31. The average molecular weight is 247 g/mol. The molecule has 18 heavy (non-hydrogen) atoms. The monoisotopic (exact) mass is 247 g/mol. The molecule has 0 amide bonds. The molecule has 1 saturated heterocycles. The second kappa shape index (κ2) is 6.01. The van der Waals surface area contributed by atoms with E-state index in [1.54, 1.807) is 0 Å². The molecular formula is C15H21NO2. The molecule has 2 rings (SSSR count). The van der Waals surface area contributed by atoms with Crippen LogP contribution in [0, 0.1) is 11.8 Å². The van der Waals surface area contributed by atoms with Gasteiger partial charge in [-0.3, -0.25) is 4.79 Å². The van der Waals surface area contributed by atoms with Crippen LogP contribution in [0.4, 0.5) is 0 Å². The summed E-state index contributed by atoms with van der Waals surface area (Å²) in [6.45, 7) is 6.74. The highest BCUT2D eigenvalue weighted by Crippen LogP contribution is 2.22. The first-order valence-corrected chi connectivity index (χ1v) is 6.70. The van der Waals surface area contributed by atoms with Gasteiger partial charge in [-0.1, -0.05) is 13.8 Å². The van der Waals surface area contributed by atoms with Gasteiger partial charge in [-0.15, -0.1) is 0 Å². The van der Waals surface area contributed by atoms with E-state index >= 15 is 0 Å². The van der Waals surface area contributed by atoms with Crippen molar-refractivity contribution < 1.29 is 9.53 Å². The summed E-state index contributed by atoms with van der Waals surface area (Å²) in [6.07, 6.45) is 0.992. The molecule has 0 saturated carbocycles. The van der Waals surface area contributed by atoms with Crippen molar-refractivity contribution in [2.75, 3.05) is 19.7 Å². The van der Waals surface area contributed by atoms with E-state index in [9.17, 15) is 4.79 Å². The third-order valence-corrected chi connectivity index (χ3v) is 3.55. The fraction of sp³-hybridized carbons (Fsp3) is 0.533. The van der Waals surface area contributed by atoms with Gasteiger partial charge in [-0.05, 0) is 49.7 Å². The molecule has 0 radical (unpaired) electrons. The van der Waals surface area contributed by atoms with E-state index < -0.39 is 0 Å². The van der Waals surface area contributed by atoms with Gasteiger partial charge < -0.3 is 10.1 Å². The van der Waals surface area contributed by atoms with Crippen molar-refractivity contribution in [2.45, 2.75) is 20.3 Å². The zero-order valence-electron chi connectivity index (χ0n) is 11.1. The van der Waals surface area contributed by atoms with Crippen LogP contribution in [0.15, 0.2) is 24.3 Å². The van der Waals surface area contributed by atoms with Crippen LogP contribution in [-0.2, 0) is 0 Å². The second-order valence-corrected chi connectivity index (χ2v) is 4.94. The van der Waals surface area contributed by atoms with Crippen molar-refractivity contribution in [1.29, 1.82) is 0 Å². The van der Waals surface area contributed by atoms with Crippen LogP contribution < -0.4 is 10.1 Å². The van der Waals surface area contributed by atoms with Crippen molar-refractivity contribution >= 4 is 5.78 Å². The maximum atomic E-state index is 12.2. The Morgan fingerprint density at radius 3 is 2.56 bits per heavy atom. The zero-order chi connectivity index (χ0) is 13.0. The number of carbonyl (C=O) groups is 1. The number of carbonyl (C=O) groups excluding carboxylic acids is 1. The molecular weight excluding hydrogens is 226 g/mol. The number of nitrogens with one attached hydrogen (secondary N) is 1. The minimum Gasteiger partial charge on any atom is -0.494 e. The van der Waals surface area contributed by atoms with E-state index in [1.165, 1.54) is 0 Å². The molecule has 1 aliphatic rings. The summed E-state index contributed by atoms with van der Waals surface area (Å²) < 4.78 is 5.51. The van der Waals surface area contributed by atoms with Crippen LogP contribution >= 0.6 is 0 Å². The fourth-order valence-corrected chi connectivity index (χ4v) is 2.08. The molecule has 1 heterocycles. The Morgan fingerprint density at radius 1 is 1.39 bits per heavy atom. The number of hydrogen-bond donors (Lipinski definition) is 1. The van der Waals surface area contributed by atoms with Gasteiger partial charge in [0.15, 0.2) is 5.78 Å². The molecule has 1 aromatic rings. The van der Waals surface area contributed by atoms with Gasteiger partial charge in [-0.25, -0.2) is 0 Å². The highest BCUT2D eigenvalue weighted by molar-refractivity contribution is 5.98. The minimum absolute atomic E-state index is 0.105. The first kappa shape index (κ1) is 13.1. The lowest BCUT2D eigenvalue weighted by molar-refractivity contribution is 0.0854. The fourth-order valence-electron chi connectivity index (χ4n) is 2.08. The predicted octanol–water partition coefficient (Wildman–Crippen LogP) is 2.51. The summed E-state index contributed by atoms with van der Waals surface area (Å²) in [4.78, 5) is 12.2. The molecule has 1 fully saturated rings. The van der Waals surface area contributed by atoms with E-state index in [1.807, 2.05) is 31.2 Å². The molecule has 0 aliphatic carbocycles. The standard InChI is InChI=1S/C15H21NO2/c1-3-8-18-14-6-4-12(5-7-14)15(17)11(2)13-9-16-10-13/h4-7,11,13,16H,3,8-10H2,1-2H3. The van der Waals surface area contributed by atoms with Gasteiger partial charge in [0.25, 0.3) is 0 Å². The summed E-state index contributed by atoms with van der Waals surface area (Å²) in [5.41, 5.74) is 0.790. The van der Waals surface area contributed by atoms with E-state index in [-0.39, 0.29) is 11.7 Å². The molecule has 1 N–H and O–H groups in total. The molecule has 1 atom stereocenters. The topological polar surface area (TPSA) is 38.3 Å². The summed E-state index contributed by atoms with van der Waals surface area (Å²) >= 11 is 0. The lowest BCUT2D eigenvalue weighted by Crippen LogP contribution is -2.47. The summed E-state index contributed by atoms with van der Waals surface area (Å²) in [7, 11) is 0. The SMILES string of the molecule is CCCOc1ccc(C(=O)C(C)C2CNC2)cc1. The van der Waals surface area contributed by atoms with Gasteiger partial charge in [-0.2, -0.15) is 0 Å². The van der Waals surface area contributed by atoms with Crippen molar-refractivity contribution in [3.8, 4) is 5.75 Å². The molecule has 0 aromatic heterocycles. The Hall–Kier alpha value is -1.35. The van der Waals surface area contributed by atoms with E-state index in [0.29, 0.717) is 5.92 Å². The Balaban J connectivity index is 1.97.